The highest BCUT2D eigenvalue weighted by Gasteiger charge is 1.84. The van der Waals surface area contributed by atoms with Crippen molar-refractivity contribution in [2.75, 3.05) is 6.54 Å². The van der Waals surface area contributed by atoms with E-state index in [0.717, 1.165) is 6.29 Å². The van der Waals surface area contributed by atoms with Gasteiger partial charge in [0.05, 0.1) is 0 Å². The molecular formula is C6H13NO3. The molecule has 0 aromatic carbocycles. The Balaban J connectivity index is 0. The van der Waals surface area contributed by atoms with Crippen LogP contribution in [0.2, 0.25) is 0 Å². The molecule has 0 atom stereocenters. The standard InChI is InChI=1S/C4H9NO2.C2H4O/c1-3-5-7-4(2)6;1-2-3/h5H,3H2,1-2H3;2H,1H3. The van der Waals surface area contributed by atoms with Gasteiger partial charge in [0.2, 0.25) is 0 Å². The third-order valence-corrected chi connectivity index (χ3v) is 0.360. The SMILES string of the molecule is CC=O.CCNOC(C)=O. The van der Waals surface area contributed by atoms with E-state index in [1.165, 1.54) is 13.8 Å². The molecule has 0 bridgehead atoms. The lowest BCUT2D eigenvalue weighted by molar-refractivity contribution is -0.148. The number of hydrogen-bond acceptors (Lipinski definition) is 4. The zero-order valence-corrected chi connectivity index (χ0v) is 6.51. The fourth-order valence-corrected chi connectivity index (χ4v) is 0.174. The average Bonchev–Trinajstić information content (AvgIpc) is 1.85. The van der Waals surface area contributed by atoms with Gasteiger partial charge in [-0.3, -0.25) is 4.79 Å². The van der Waals surface area contributed by atoms with Crippen LogP contribution in [0.15, 0.2) is 0 Å². The molecule has 0 aromatic rings. The molecule has 10 heavy (non-hydrogen) atoms. The van der Waals surface area contributed by atoms with E-state index < -0.39 is 0 Å². The molecule has 0 heterocycles. The Morgan fingerprint density at radius 1 is 1.70 bits per heavy atom. The lowest BCUT2D eigenvalue weighted by Gasteiger charge is -1.95. The van der Waals surface area contributed by atoms with Crippen LogP contribution in [0.4, 0.5) is 0 Å². The summed E-state index contributed by atoms with van der Waals surface area (Å²) in [7, 11) is 0. The monoisotopic (exact) mass is 147 g/mol. The first-order chi connectivity index (χ1) is 4.68. The molecule has 0 aliphatic carbocycles. The predicted molar refractivity (Wildman–Crippen MR) is 37.2 cm³/mol. The van der Waals surface area contributed by atoms with E-state index in [4.69, 9.17) is 4.79 Å². The molecule has 4 nitrogen and oxygen atoms in total. The minimum absolute atomic E-state index is 0.304. The molecule has 0 unspecified atom stereocenters. The number of nitrogens with one attached hydrogen (secondary N) is 1. The first kappa shape index (κ1) is 11.8. The van der Waals surface area contributed by atoms with Crippen LogP contribution in [-0.4, -0.2) is 18.8 Å². The normalized spacial score (nSPS) is 7.10. The summed E-state index contributed by atoms with van der Waals surface area (Å²) in [6.45, 7) is 5.30. The Morgan fingerprint density at radius 2 is 2.10 bits per heavy atom. The summed E-state index contributed by atoms with van der Waals surface area (Å²) in [5.41, 5.74) is 2.40. The largest absolute Gasteiger partial charge is 0.371 e. The van der Waals surface area contributed by atoms with Crippen molar-refractivity contribution < 1.29 is 14.4 Å². The van der Waals surface area contributed by atoms with Crippen molar-refractivity contribution in [1.82, 2.24) is 5.48 Å². The maximum atomic E-state index is 9.92. The van der Waals surface area contributed by atoms with Crippen LogP contribution in [0.3, 0.4) is 0 Å². The minimum Gasteiger partial charge on any atom is -0.371 e. The lowest BCUT2D eigenvalue weighted by Crippen LogP contribution is -2.16. The van der Waals surface area contributed by atoms with Crippen LogP contribution in [-0.2, 0) is 14.4 Å². The number of rotatable bonds is 2. The average molecular weight is 147 g/mol. The van der Waals surface area contributed by atoms with Crippen molar-refractivity contribution in [2.45, 2.75) is 20.8 Å². The van der Waals surface area contributed by atoms with Gasteiger partial charge >= 0.3 is 5.97 Å². The molecule has 0 amide bonds. The van der Waals surface area contributed by atoms with Crippen molar-refractivity contribution in [3.05, 3.63) is 0 Å². The Hall–Kier alpha value is -0.900. The minimum atomic E-state index is -0.304. The molecule has 0 rings (SSSR count). The molecule has 0 saturated carbocycles. The van der Waals surface area contributed by atoms with Gasteiger partial charge in [-0.05, 0) is 13.8 Å². The van der Waals surface area contributed by atoms with Crippen LogP contribution in [0.5, 0.6) is 0 Å². The van der Waals surface area contributed by atoms with Crippen molar-refractivity contribution in [3.8, 4) is 0 Å². The molecule has 0 aromatic heterocycles. The number of hydrogen-bond donors (Lipinski definition) is 1. The molecule has 60 valence electrons. The summed E-state index contributed by atoms with van der Waals surface area (Å²) in [4.78, 5) is 23.0. The molecule has 0 spiro atoms. The number of hydroxylamine groups is 1. The molecule has 0 saturated heterocycles. The van der Waals surface area contributed by atoms with E-state index in [1.807, 2.05) is 6.92 Å². The third kappa shape index (κ3) is 27.5. The first-order valence-electron chi connectivity index (χ1n) is 2.99. The first-order valence-corrected chi connectivity index (χ1v) is 2.99. The number of aldehydes is 1. The molecule has 4 heteroatoms. The van der Waals surface area contributed by atoms with Gasteiger partial charge in [0, 0.05) is 13.5 Å². The zero-order valence-electron chi connectivity index (χ0n) is 6.51. The van der Waals surface area contributed by atoms with Gasteiger partial charge in [0.1, 0.15) is 6.29 Å². The van der Waals surface area contributed by atoms with Crippen molar-refractivity contribution in [3.63, 3.8) is 0 Å². The van der Waals surface area contributed by atoms with Crippen molar-refractivity contribution in [2.24, 2.45) is 0 Å². The van der Waals surface area contributed by atoms with E-state index in [2.05, 4.69) is 10.3 Å². The highest BCUT2D eigenvalue weighted by atomic mass is 16.7. The van der Waals surface area contributed by atoms with E-state index in [0.29, 0.717) is 6.54 Å². The summed E-state index contributed by atoms with van der Waals surface area (Å²) in [5.74, 6) is -0.304. The van der Waals surface area contributed by atoms with Crippen LogP contribution in [0, 0.1) is 0 Å². The van der Waals surface area contributed by atoms with Crippen LogP contribution in [0.25, 0.3) is 0 Å². The Morgan fingerprint density at radius 3 is 2.20 bits per heavy atom. The maximum Gasteiger partial charge on any atom is 0.321 e. The van der Waals surface area contributed by atoms with Gasteiger partial charge in [0.25, 0.3) is 0 Å². The van der Waals surface area contributed by atoms with E-state index in [1.54, 1.807) is 0 Å². The topological polar surface area (TPSA) is 55.4 Å². The zero-order chi connectivity index (χ0) is 8.41. The van der Waals surface area contributed by atoms with Crippen LogP contribution >= 0.6 is 0 Å². The Bertz CT molecular complexity index is 93.0. The second-order valence-corrected chi connectivity index (χ2v) is 1.33. The number of carbonyl (C=O) groups excluding carboxylic acids is 2. The van der Waals surface area contributed by atoms with Gasteiger partial charge in [-0.15, -0.1) is 0 Å². The second-order valence-electron chi connectivity index (χ2n) is 1.33. The van der Waals surface area contributed by atoms with Crippen molar-refractivity contribution >= 4 is 12.3 Å². The summed E-state index contributed by atoms with van der Waals surface area (Å²) >= 11 is 0. The smallest absolute Gasteiger partial charge is 0.321 e. The summed E-state index contributed by atoms with van der Waals surface area (Å²) in [6, 6.07) is 0. The quantitative estimate of drug-likeness (QED) is 0.450. The molecule has 0 aliphatic heterocycles. The highest BCUT2D eigenvalue weighted by molar-refractivity contribution is 5.65. The Labute approximate surface area is 60.5 Å². The van der Waals surface area contributed by atoms with E-state index in [9.17, 15) is 4.79 Å². The molecule has 0 radical (unpaired) electrons. The van der Waals surface area contributed by atoms with Crippen molar-refractivity contribution in [1.29, 1.82) is 0 Å². The van der Waals surface area contributed by atoms with Gasteiger partial charge in [0.15, 0.2) is 0 Å². The number of carbonyl (C=O) groups is 2. The fourth-order valence-electron chi connectivity index (χ4n) is 0.174. The molecule has 0 fully saturated rings. The third-order valence-electron chi connectivity index (χ3n) is 0.360. The van der Waals surface area contributed by atoms with E-state index >= 15 is 0 Å². The molecular weight excluding hydrogens is 134 g/mol. The van der Waals surface area contributed by atoms with E-state index in [-0.39, 0.29) is 5.97 Å². The summed E-state index contributed by atoms with van der Waals surface area (Å²) in [5, 5.41) is 0. The van der Waals surface area contributed by atoms with Crippen LogP contribution in [0.1, 0.15) is 20.8 Å². The van der Waals surface area contributed by atoms with Gasteiger partial charge in [-0.2, -0.15) is 5.48 Å². The highest BCUT2D eigenvalue weighted by Crippen LogP contribution is 1.64. The van der Waals surface area contributed by atoms with Gasteiger partial charge in [-0.1, -0.05) is 0 Å². The molecule has 0 aliphatic rings. The second kappa shape index (κ2) is 11.0. The fraction of sp³-hybridized carbons (Fsp3) is 0.667. The summed E-state index contributed by atoms with van der Waals surface area (Å²) in [6.07, 6.45) is 0.750. The lowest BCUT2D eigenvalue weighted by atomic mass is 10.8. The van der Waals surface area contributed by atoms with Gasteiger partial charge in [-0.25, -0.2) is 0 Å². The van der Waals surface area contributed by atoms with Crippen LogP contribution < -0.4 is 5.48 Å². The van der Waals surface area contributed by atoms with Gasteiger partial charge < -0.3 is 9.63 Å². The Kier molecular flexibility index (Phi) is 13.0. The molecule has 1 N–H and O–H groups in total. The summed E-state index contributed by atoms with van der Waals surface area (Å²) < 4.78 is 0. The predicted octanol–water partition coefficient (Wildman–Crippen LogP) is 0.279. The maximum absolute atomic E-state index is 9.92.